The summed E-state index contributed by atoms with van der Waals surface area (Å²) in [5.74, 6) is -2.89. The maximum Gasteiger partial charge on any atom is 0.409 e. The number of hydrogen-bond acceptors (Lipinski definition) is 6. The van der Waals surface area contributed by atoms with Gasteiger partial charge >= 0.3 is 12.1 Å². The first kappa shape index (κ1) is 24.0. The molecule has 0 aliphatic carbocycles. The molecule has 2 aromatic rings. The second-order valence-corrected chi connectivity index (χ2v) is 7.62. The van der Waals surface area contributed by atoms with E-state index >= 15 is 0 Å². The number of anilines is 1. The molecule has 3 rings (SSSR count). The van der Waals surface area contributed by atoms with Crippen LogP contribution in [0, 0.1) is 5.92 Å². The number of carbonyl (C=O) groups excluding carboxylic acids is 4. The fourth-order valence-corrected chi connectivity index (χ4v) is 3.72. The van der Waals surface area contributed by atoms with Crippen LogP contribution in [0.3, 0.4) is 0 Å². The molecule has 0 saturated carbocycles. The molecular weight excluding hydrogens is 426 g/mol. The van der Waals surface area contributed by atoms with Crippen molar-refractivity contribution in [1.29, 1.82) is 0 Å². The maximum atomic E-state index is 13.2. The lowest BCUT2D eigenvalue weighted by atomic mass is 10.0. The molecule has 0 aromatic heterocycles. The van der Waals surface area contributed by atoms with Gasteiger partial charge in [0.25, 0.3) is 0 Å². The number of piperazine rings is 1. The molecule has 1 unspecified atom stereocenters. The smallest absolute Gasteiger partial charge is 0.409 e. The number of hydrogen-bond donors (Lipinski definition) is 1. The van der Waals surface area contributed by atoms with Crippen LogP contribution in [0.5, 0.6) is 0 Å². The number of fused-ring (bicyclic) bond motifs is 1. The zero-order valence-electron chi connectivity index (χ0n) is 18.9. The van der Waals surface area contributed by atoms with Gasteiger partial charge in [-0.25, -0.2) is 4.79 Å². The van der Waals surface area contributed by atoms with E-state index in [2.05, 4.69) is 5.32 Å². The molecule has 1 N–H and O–H groups in total. The SMILES string of the molecule is CCOC(=O)CC(C(=O)Nc1ccc2ccccc2c1)C(=O)N1CCN(C(=O)OCC)CC1. The van der Waals surface area contributed by atoms with Gasteiger partial charge in [0.15, 0.2) is 0 Å². The van der Waals surface area contributed by atoms with Gasteiger partial charge in [-0.2, -0.15) is 0 Å². The molecule has 1 saturated heterocycles. The van der Waals surface area contributed by atoms with Gasteiger partial charge in [0.1, 0.15) is 5.92 Å². The Morgan fingerprint density at radius 2 is 1.52 bits per heavy atom. The molecule has 0 spiro atoms. The number of carbonyl (C=O) groups is 4. The topological polar surface area (TPSA) is 105 Å². The molecule has 2 aromatic carbocycles. The first-order valence-corrected chi connectivity index (χ1v) is 11.1. The summed E-state index contributed by atoms with van der Waals surface area (Å²) in [5, 5.41) is 4.73. The second kappa shape index (κ2) is 11.3. The standard InChI is InChI=1S/C24H29N3O6/c1-3-32-21(28)16-20(23(30)26-11-13-27(14-12-26)24(31)33-4-2)22(29)25-19-10-9-17-7-5-6-8-18(17)15-19/h5-10,15,20H,3-4,11-14,16H2,1-2H3,(H,25,29). The van der Waals surface area contributed by atoms with E-state index in [1.807, 2.05) is 36.4 Å². The summed E-state index contributed by atoms with van der Waals surface area (Å²) in [6, 6.07) is 13.2. The fraction of sp³-hybridized carbons (Fsp3) is 0.417. The molecular formula is C24H29N3O6. The van der Waals surface area contributed by atoms with Gasteiger partial charge in [-0.3, -0.25) is 14.4 Å². The molecule has 1 atom stereocenters. The van der Waals surface area contributed by atoms with E-state index in [4.69, 9.17) is 9.47 Å². The highest BCUT2D eigenvalue weighted by Crippen LogP contribution is 2.21. The number of nitrogens with one attached hydrogen (secondary N) is 1. The summed E-state index contributed by atoms with van der Waals surface area (Å²) < 4.78 is 9.98. The number of ether oxygens (including phenoxy) is 2. The molecule has 0 radical (unpaired) electrons. The van der Waals surface area contributed by atoms with Gasteiger partial charge in [0, 0.05) is 31.9 Å². The van der Waals surface area contributed by atoms with Crippen molar-refractivity contribution in [3.8, 4) is 0 Å². The van der Waals surface area contributed by atoms with Crippen molar-refractivity contribution in [2.24, 2.45) is 5.92 Å². The number of amides is 3. The predicted octanol–water partition coefficient (Wildman–Crippen LogP) is 2.65. The van der Waals surface area contributed by atoms with Crippen molar-refractivity contribution in [3.63, 3.8) is 0 Å². The van der Waals surface area contributed by atoms with Crippen molar-refractivity contribution in [1.82, 2.24) is 9.80 Å². The average molecular weight is 456 g/mol. The van der Waals surface area contributed by atoms with Crippen LogP contribution in [0.1, 0.15) is 20.3 Å². The van der Waals surface area contributed by atoms with Gasteiger partial charge in [0.05, 0.1) is 19.6 Å². The van der Waals surface area contributed by atoms with Gasteiger partial charge in [-0.15, -0.1) is 0 Å². The Morgan fingerprint density at radius 3 is 2.18 bits per heavy atom. The van der Waals surface area contributed by atoms with Crippen LogP contribution in [-0.2, 0) is 23.9 Å². The highest BCUT2D eigenvalue weighted by atomic mass is 16.6. The summed E-state index contributed by atoms with van der Waals surface area (Å²) in [6.07, 6.45) is -0.786. The van der Waals surface area contributed by atoms with E-state index in [1.54, 1.807) is 19.9 Å². The molecule has 9 heteroatoms. The van der Waals surface area contributed by atoms with Crippen LogP contribution in [0.15, 0.2) is 42.5 Å². The quantitative estimate of drug-likeness (QED) is 0.508. The molecule has 1 fully saturated rings. The number of benzene rings is 2. The molecule has 3 amide bonds. The maximum absolute atomic E-state index is 13.2. The molecule has 0 bridgehead atoms. The highest BCUT2D eigenvalue weighted by Gasteiger charge is 2.35. The largest absolute Gasteiger partial charge is 0.466 e. The average Bonchev–Trinajstić information content (AvgIpc) is 2.82. The van der Waals surface area contributed by atoms with Gasteiger partial charge in [-0.1, -0.05) is 30.3 Å². The van der Waals surface area contributed by atoms with Crippen LogP contribution in [0.25, 0.3) is 10.8 Å². The first-order chi connectivity index (χ1) is 15.9. The Morgan fingerprint density at radius 1 is 0.879 bits per heavy atom. The van der Waals surface area contributed by atoms with Crippen molar-refractivity contribution < 1.29 is 28.7 Å². The normalized spacial score (nSPS) is 14.5. The molecule has 176 valence electrons. The predicted molar refractivity (Wildman–Crippen MR) is 122 cm³/mol. The summed E-state index contributed by atoms with van der Waals surface area (Å²) in [5.41, 5.74) is 0.535. The Labute approximate surface area is 192 Å². The minimum atomic E-state index is -1.23. The molecule has 33 heavy (non-hydrogen) atoms. The Bertz CT molecular complexity index is 1020. The second-order valence-electron chi connectivity index (χ2n) is 7.62. The summed E-state index contributed by atoms with van der Waals surface area (Å²) in [4.78, 5) is 53.4. The lowest BCUT2D eigenvalue weighted by molar-refractivity contribution is -0.152. The van der Waals surface area contributed by atoms with E-state index in [9.17, 15) is 19.2 Å². The third-order valence-corrected chi connectivity index (χ3v) is 5.43. The van der Waals surface area contributed by atoms with E-state index in [-0.39, 0.29) is 32.7 Å². The van der Waals surface area contributed by atoms with Crippen LogP contribution in [-0.4, -0.2) is 73.1 Å². The molecule has 1 heterocycles. The van der Waals surface area contributed by atoms with Crippen molar-refractivity contribution in [2.75, 3.05) is 44.7 Å². The fourth-order valence-electron chi connectivity index (χ4n) is 3.72. The number of nitrogens with zero attached hydrogens (tertiary/aromatic N) is 2. The van der Waals surface area contributed by atoms with E-state index in [0.717, 1.165) is 10.8 Å². The zero-order valence-corrected chi connectivity index (χ0v) is 18.9. The van der Waals surface area contributed by atoms with E-state index < -0.39 is 29.8 Å². The molecule has 1 aliphatic heterocycles. The minimum absolute atomic E-state index is 0.157. The third kappa shape index (κ3) is 6.21. The van der Waals surface area contributed by atoms with Gasteiger partial charge < -0.3 is 24.6 Å². The summed E-state index contributed by atoms with van der Waals surface area (Å²) in [7, 11) is 0. The van der Waals surface area contributed by atoms with Crippen molar-refractivity contribution >= 4 is 40.3 Å². The minimum Gasteiger partial charge on any atom is -0.466 e. The summed E-state index contributed by atoms with van der Waals surface area (Å²) in [6.45, 7) is 4.91. The summed E-state index contributed by atoms with van der Waals surface area (Å²) >= 11 is 0. The van der Waals surface area contributed by atoms with Crippen molar-refractivity contribution in [3.05, 3.63) is 42.5 Å². The first-order valence-electron chi connectivity index (χ1n) is 11.1. The van der Waals surface area contributed by atoms with Crippen LogP contribution in [0.4, 0.5) is 10.5 Å². The van der Waals surface area contributed by atoms with Gasteiger partial charge in [0.2, 0.25) is 11.8 Å². The van der Waals surface area contributed by atoms with Gasteiger partial charge in [-0.05, 0) is 36.8 Å². The number of rotatable bonds is 7. The van der Waals surface area contributed by atoms with Crippen LogP contribution >= 0.6 is 0 Å². The number of esters is 1. The Balaban J connectivity index is 1.71. The van der Waals surface area contributed by atoms with E-state index in [1.165, 1.54) is 9.80 Å². The Hall–Kier alpha value is -3.62. The van der Waals surface area contributed by atoms with Crippen LogP contribution < -0.4 is 5.32 Å². The van der Waals surface area contributed by atoms with E-state index in [0.29, 0.717) is 18.8 Å². The molecule has 9 nitrogen and oxygen atoms in total. The third-order valence-electron chi connectivity index (χ3n) is 5.43. The van der Waals surface area contributed by atoms with Crippen LogP contribution in [0.2, 0.25) is 0 Å². The lowest BCUT2D eigenvalue weighted by Crippen LogP contribution is -2.53. The lowest BCUT2D eigenvalue weighted by Gasteiger charge is -2.35. The zero-order chi connectivity index (χ0) is 23.8. The highest BCUT2D eigenvalue weighted by molar-refractivity contribution is 6.08. The molecule has 1 aliphatic rings. The Kier molecular flexibility index (Phi) is 8.23. The van der Waals surface area contributed by atoms with Crippen molar-refractivity contribution in [2.45, 2.75) is 20.3 Å². The monoisotopic (exact) mass is 455 g/mol.